The van der Waals surface area contributed by atoms with Crippen LogP contribution in [0.3, 0.4) is 0 Å². The molecule has 0 unspecified atom stereocenters. The highest BCUT2D eigenvalue weighted by Crippen LogP contribution is 2.22. The lowest BCUT2D eigenvalue weighted by Crippen LogP contribution is -2.29. The van der Waals surface area contributed by atoms with Crippen molar-refractivity contribution in [1.29, 1.82) is 5.26 Å². The number of hydrogen-bond acceptors (Lipinski definition) is 2. The number of nitrogens with zero attached hydrogens (tertiary/aromatic N) is 2. The molecular weight excluding hydrogens is 196 g/mol. The van der Waals surface area contributed by atoms with Gasteiger partial charge in [0.05, 0.1) is 11.6 Å². The lowest BCUT2D eigenvalue weighted by Gasteiger charge is -2.28. The summed E-state index contributed by atoms with van der Waals surface area (Å²) in [7, 11) is 0. The Bertz CT molecular complexity index is 466. The minimum absolute atomic E-state index is 0.771. The monoisotopic (exact) mass is 212 g/mol. The topological polar surface area (TPSA) is 27.0 Å². The predicted molar refractivity (Wildman–Crippen MR) is 66.5 cm³/mol. The molecule has 0 N–H and O–H groups in total. The summed E-state index contributed by atoms with van der Waals surface area (Å²) in [6, 6.07) is 8.27. The smallest absolute Gasteiger partial charge is 0.0994 e. The second-order valence-electron chi connectivity index (χ2n) is 4.37. The molecule has 1 aliphatic heterocycles. The molecule has 0 fully saturated rings. The highest BCUT2D eigenvalue weighted by atomic mass is 15.1. The van der Waals surface area contributed by atoms with Crippen molar-refractivity contribution in [1.82, 2.24) is 0 Å². The van der Waals surface area contributed by atoms with E-state index in [0.717, 1.165) is 30.6 Å². The van der Waals surface area contributed by atoms with Crippen LogP contribution in [0.2, 0.25) is 0 Å². The van der Waals surface area contributed by atoms with Crippen LogP contribution in [0.4, 0.5) is 5.69 Å². The summed E-state index contributed by atoms with van der Waals surface area (Å²) in [6.45, 7) is 6.24. The maximum atomic E-state index is 8.89. The number of nitriles is 1. The molecule has 0 bridgehead atoms. The van der Waals surface area contributed by atoms with Crippen LogP contribution in [0, 0.1) is 18.3 Å². The third-order valence-corrected chi connectivity index (χ3v) is 3.03. The van der Waals surface area contributed by atoms with E-state index in [-0.39, 0.29) is 0 Å². The molecule has 82 valence electrons. The Labute approximate surface area is 96.8 Å². The zero-order chi connectivity index (χ0) is 11.5. The Balaban J connectivity index is 2.26. The summed E-state index contributed by atoms with van der Waals surface area (Å²) in [5, 5.41) is 8.89. The van der Waals surface area contributed by atoms with E-state index < -0.39 is 0 Å². The van der Waals surface area contributed by atoms with Crippen molar-refractivity contribution in [2.75, 3.05) is 18.0 Å². The molecule has 16 heavy (non-hydrogen) atoms. The van der Waals surface area contributed by atoms with Gasteiger partial charge in [0.15, 0.2) is 0 Å². The zero-order valence-corrected chi connectivity index (χ0v) is 9.83. The highest BCUT2D eigenvalue weighted by molar-refractivity contribution is 5.54. The Morgan fingerprint density at radius 2 is 2.12 bits per heavy atom. The predicted octanol–water partition coefficient (Wildman–Crippen LogP) is 3.02. The number of benzene rings is 1. The van der Waals surface area contributed by atoms with Crippen LogP contribution in [-0.4, -0.2) is 13.1 Å². The third-order valence-electron chi connectivity index (χ3n) is 3.03. The molecule has 2 rings (SSSR count). The number of rotatable bonds is 1. The average Bonchev–Trinajstić information content (AvgIpc) is 2.29. The number of aryl methyl sites for hydroxylation is 1. The molecular formula is C14H16N2. The van der Waals surface area contributed by atoms with Crippen molar-refractivity contribution in [3.8, 4) is 6.07 Å². The van der Waals surface area contributed by atoms with Gasteiger partial charge in [0.25, 0.3) is 0 Å². The molecule has 2 heteroatoms. The van der Waals surface area contributed by atoms with Crippen molar-refractivity contribution in [2.45, 2.75) is 20.3 Å². The van der Waals surface area contributed by atoms with Crippen LogP contribution in [0.25, 0.3) is 0 Å². The van der Waals surface area contributed by atoms with Gasteiger partial charge < -0.3 is 4.90 Å². The Kier molecular flexibility index (Phi) is 2.96. The second-order valence-corrected chi connectivity index (χ2v) is 4.37. The number of hydrogen-bond donors (Lipinski definition) is 0. The van der Waals surface area contributed by atoms with Crippen LogP contribution in [-0.2, 0) is 0 Å². The van der Waals surface area contributed by atoms with Gasteiger partial charge >= 0.3 is 0 Å². The molecule has 0 saturated carbocycles. The molecule has 0 aromatic heterocycles. The second kappa shape index (κ2) is 4.40. The lowest BCUT2D eigenvalue weighted by molar-refractivity contribution is 0.791. The normalized spacial score (nSPS) is 15.6. The molecule has 2 nitrogen and oxygen atoms in total. The number of anilines is 1. The first-order valence-corrected chi connectivity index (χ1v) is 5.62. The van der Waals surface area contributed by atoms with Crippen molar-refractivity contribution in [3.63, 3.8) is 0 Å². The van der Waals surface area contributed by atoms with Crippen LogP contribution in [0.5, 0.6) is 0 Å². The van der Waals surface area contributed by atoms with Gasteiger partial charge in [0.2, 0.25) is 0 Å². The lowest BCUT2D eigenvalue weighted by atomic mass is 10.1. The quantitative estimate of drug-likeness (QED) is 0.669. The fourth-order valence-electron chi connectivity index (χ4n) is 2.10. The third kappa shape index (κ3) is 2.09. The molecule has 1 heterocycles. The molecule has 0 aliphatic carbocycles. The first-order valence-electron chi connectivity index (χ1n) is 5.62. The molecule has 1 aromatic carbocycles. The van der Waals surface area contributed by atoms with Crippen molar-refractivity contribution in [3.05, 3.63) is 41.0 Å². The summed E-state index contributed by atoms with van der Waals surface area (Å²) in [4.78, 5) is 2.36. The molecule has 0 atom stereocenters. The van der Waals surface area contributed by atoms with E-state index in [4.69, 9.17) is 5.26 Å². The van der Waals surface area contributed by atoms with E-state index in [1.807, 2.05) is 19.1 Å². The van der Waals surface area contributed by atoms with E-state index in [1.165, 1.54) is 11.3 Å². The van der Waals surface area contributed by atoms with Gasteiger partial charge in [0, 0.05) is 18.8 Å². The van der Waals surface area contributed by atoms with Crippen LogP contribution in [0.1, 0.15) is 24.5 Å². The Hall–Kier alpha value is -1.75. The van der Waals surface area contributed by atoms with Crippen LogP contribution < -0.4 is 4.90 Å². The van der Waals surface area contributed by atoms with Gasteiger partial charge in [0.1, 0.15) is 0 Å². The van der Waals surface area contributed by atoms with E-state index in [1.54, 1.807) is 0 Å². The maximum absolute atomic E-state index is 8.89. The molecule has 0 saturated heterocycles. The summed E-state index contributed by atoms with van der Waals surface area (Å²) < 4.78 is 0. The summed E-state index contributed by atoms with van der Waals surface area (Å²) in [6.07, 6.45) is 3.41. The first kappa shape index (κ1) is 10.8. The zero-order valence-electron chi connectivity index (χ0n) is 9.83. The highest BCUT2D eigenvalue weighted by Gasteiger charge is 2.11. The van der Waals surface area contributed by atoms with Crippen molar-refractivity contribution >= 4 is 5.69 Å². The minimum Gasteiger partial charge on any atom is -0.367 e. The van der Waals surface area contributed by atoms with Gasteiger partial charge in [-0.05, 0) is 44.0 Å². The van der Waals surface area contributed by atoms with Gasteiger partial charge in [-0.25, -0.2) is 0 Å². The Morgan fingerprint density at radius 3 is 2.75 bits per heavy atom. The van der Waals surface area contributed by atoms with Crippen molar-refractivity contribution < 1.29 is 0 Å². The fraction of sp³-hybridized carbons (Fsp3) is 0.357. The summed E-state index contributed by atoms with van der Waals surface area (Å²) >= 11 is 0. The standard InChI is InChI=1S/C14H16N2/c1-11-4-3-7-16(10-11)14-6-5-13(9-15)12(2)8-14/h4-6,8H,3,7,10H2,1-2H3. The van der Waals surface area contributed by atoms with Gasteiger partial charge in [-0.15, -0.1) is 0 Å². The average molecular weight is 212 g/mol. The fourth-order valence-corrected chi connectivity index (χ4v) is 2.10. The van der Waals surface area contributed by atoms with Crippen LogP contribution >= 0.6 is 0 Å². The molecule has 1 aliphatic rings. The van der Waals surface area contributed by atoms with Gasteiger partial charge in [-0.3, -0.25) is 0 Å². The SMILES string of the molecule is CC1=CCCN(c2ccc(C#N)c(C)c2)C1. The summed E-state index contributed by atoms with van der Waals surface area (Å²) in [5.74, 6) is 0. The maximum Gasteiger partial charge on any atom is 0.0994 e. The summed E-state index contributed by atoms with van der Waals surface area (Å²) in [5.41, 5.74) is 4.48. The first-order chi connectivity index (χ1) is 7.70. The van der Waals surface area contributed by atoms with Crippen molar-refractivity contribution in [2.24, 2.45) is 0 Å². The molecule has 0 radical (unpaired) electrons. The van der Waals surface area contributed by atoms with E-state index in [0.29, 0.717) is 0 Å². The van der Waals surface area contributed by atoms with E-state index in [2.05, 4.69) is 30.0 Å². The van der Waals surface area contributed by atoms with E-state index in [9.17, 15) is 0 Å². The molecule has 1 aromatic rings. The minimum atomic E-state index is 0.771. The van der Waals surface area contributed by atoms with Gasteiger partial charge in [-0.1, -0.05) is 11.6 Å². The molecule has 0 spiro atoms. The largest absolute Gasteiger partial charge is 0.367 e. The van der Waals surface area contributed by atoms with E-state index >= 15 is 0 Å². The van der Waals surface area contributed by atoms with Gasteiger partial charge in [-0.2, -0.15) is 5.26 Å². The van der Waals surface area contributed by atoms with Crippen LogP contribution in [0.15, 0.2) is 29.8 Å². The molecule has 0 amide bonds. The Morgan fingerprint density at radius 1 is 1.31 bits per heavy atom.